The van der Waals surface area contributed by atoms with Gasteiger partial charge in [0.2, 0.25) is 0 Å². The molecule has 1 aliphatic carbocycles. The van der Waals surface area contributed by atoms with Gasteiger partial charge in [-0.1, -0.05) is 30.7 Å². The maximum Gasteiger partial charge on any atom is 0.491 e. The fourth-order valence-electron chi connectivity index (χ4n) is 4.46. The molecule has 0 radical (unpaired) electrons. The first-order valence-corrected chi connectivity index (χ1v) is 10.6. The van der Waals surface area contributed by atoms with Gasteiger partial charge < -0.3 is 9.47 Å². The second kappa shape index (κ2) is 8.80. The van der Waals surface area contributed by atoms with Gasteiger partial charge in [0.15, 0.2) is 0 Å². The van der Waals surface area contributed by atoms with Gasteiger partial charge in [-0.15, -0.1) is 0 Å². The van der Waals surface area contributed by atoms with E-state index >= 15 is 0 Å². The van der Waals surface area contributed by atoms with Gasteiger partial charge in [-0.05, 0) is 31.0 Å². The van der Waals surface area contributed by atoms with Crippen LogP contribution in [0.3, 0.4) is 0 Å². The second-order valence-corrected chi connectivity index (χ2v) is 8.37. The molecule has 0 amide bonds. The van der Waals surface area contributed by atoms with Gasteiger partial charge >= 0.3 is 12.1 Å². The number of carbonyl (C=O) groups excluding carboxylic acids is 1. The molecule has 1 saturated heterocycles. The number of benzene rings is 1. The summed E-state index contributed by atoms with van der Waals surface area (Å²) in [6.45, 7) is 4.25. The van der Waals surface area contributed by atoms with Crippen LogP contribution >= 0.6 is 11.6 Å². The molecular weight excluding hydrogens is 435 g/mol. The van der Waals surface area contributed by atoms with E-state index in [2.05, 4.69) is 16.9 Å². The van der Waals surface area contributed by atoms with Crippen LogP contribution in [0.15, 0.2) is 30.6 Å². The predicted molar refractivity (Wildman–Crippen MR) is 107 cm³/mol. The molecule has 0 spiro atoms. The Balaban J connectivity index is 1.57. The topological polar surface area (TPSA) is 56.6 Å². The van der Waals surface area contributed by atoms with Crippen molar-refractivity contribution in [1.82, 2.24) is 14.7 Å². The minimum Gasteiger partial charge on any atom is -0.420 e. The first-order chi connectivity index (χ1) is 14.7. The van der Waals surface area contributed by atoms with Crippen LogP contribution in [0.2, 0.25) is 5.02 Å². The summed E-state index contributed by atoms with van der Waals surface area (Å²) in [4.78, 5) is 13.8. The molecule has 1 aromatic heterocycles. The Kier molecular flexibility index (Phi) is 6.27. The molecule has 1 aliphatic heterocycles. The van der Waals surface area contributed by atoms with Gasteiger partial charge in [-0.25, -0.2) is 4.79 Å². The summed E-state index contributed by atoms with van der Waals surface area (Å²) in [5.41, 5.74) is 1.48. The smallest absolute Gasteiger partial charge is 0.420 e. The average molecular weight is 458 g/mol. The van der Waals surface area contributed by atoms with Crippen LogP contribution in [0.4, 0.5) is 13.2 Å². The molecule has 6 nitrogen and oxygen atoms in total. The Morgan fingerprint density at radius 3 is 2.84 bits per heavy atom. The Hall–Kier alpha value is -2.10. The van der Waals surface area contributed by atoms with E-state index in [1.165, 1.54) is 6.07 Å². The zero-order chi connectivity index (χ0) is 22.2. The van der Waals surface area contributed by atoms with Crippen molar-refractivity contribution in [2.45, 2.75) is 57.2 Å². The zero-order valence-corrected chi connectivity index (χ0v) is 17.7. The highest BCUT2D eigenvalue weighted by Gasteiger charge is 2.44. The highest BCUT2D eigenvalue weighted by Crippen LogP contribution is 2.36. The molecule has 3 atom stereocenters. The number of alkyl halides is 3. The number of hydrogen-bond donors (Lipinski definition) is 0. The predicted octanol–water partition coefficient (Wildman–Crippen LogP) is 3.65. The molecule has 0 unspecified atom stereocenters. The van der Waals surface area contributed by atoms with Crippen molar-refractivity contribution < 1.29 is 27.4 Å². The van der Waals surface area contributed by atoms with Gasteiger partial charge in [0.05, 0.1) is 30.0 Å². The number of rotatable bonds is 5. The van der Waals surface area contributed by atoms with Crippen LogP contribution in [0.5, 0.6) is 5.75 Å². The van der Waals surface area contributed by atoms with E-state index in [9.17, 15) is 18.0 Å². The minimum atomic E-state index is -5.05. The molecule has 2 aliphatic rings. The summed E-state index contributed by atoms with van der Waals surface area (Å²) in [6.07, 6.45) is -0.157. The Morgan fingerprint density at radius 2 is 2.16 bits per heavy atom. The number of carbonyl (C=O) groups is 1. The van der Waals surface area contributed by atoms with Gasteiger partial charge in [0.1, 0.15) is 5.75 Å². The molecule has 2 heterocycles. The molecule has 2 aromatic rings. The highest BCUT2D eigenvalue weighted by atomic mass is 35.5. The maximum atomic E-state index is 12.7. The number of morpholine rings is 1. The number of fused-ring (bicyclic) bond motifs is 2. The van der Waals surface area contributed by atoms with Crippen molar-refractivity contribution in [3.8, 4) is 5.75 Å². The first kappa shape index (κ1) is 22.1. The monoisotopic (exact) mass is 457 g/mol. The lowest BCUT2D eigenvalue weighted by molar-refractivity contribution is -0.189. The number of nitrogens with zero attached hydrogens (tertiary/aromatic N) is 3. The third kappa shape index (κ3) is 4.88. The number of aromatic nitrogens is 2. The van der Waals surface area contributed by atoms with Crippen LogP contribution in [-0.2, 0) is 28.9 Å². The van der Waals surface area contributed by atoms with Crippen LogP contribution in [-0.4, -0.2) is 58.2 Å². The highest BCUT2D eigenvalue weighted by molar-refractivity contribution is 6.30. The quantitative estimate of drug-likeness (QED) is 0.507. The summed E-state index contributed by atoms with van der Waals surface area (Å²) in [5.74, 6) is -2.27. The Morgan fingerprint density at radius 1 is 1.35 bits per heavy atom. The van der Waals surface area contributed by atoms with Gasteiger partial charge in [-0.2, -0.15) is 18.3 Å². The van der Waals surface area contributed by atoms with E-state index in [4.69, 9.17) is 21.1 Å². The van der Waals surface area contributed by atoms with E-state index in [0.29, 0.717) is 30.0 Å². The number of hydrogen-bond acceptors (Lipinski definition) is 5. The van der Waals surface area contributed by atoms with Crippen molar-refractivity contribution in [2.24, 2.45) is 0 Å². The third-order valence-corrected chi connectivity index (χ3v) is 5.90. The molecule has 0 bridgehead atoms. The molecule has 1 aromatic carbocycles. The SMILES string of the molecule is CCCN1C[C@H](Cn2cc(Cl)cn2)O[C@@H]2Cc3c(cccc3OC(=O)C(F)(F)F)C[C@H]21. The molecule has 10 heteroatoms. The van der Waals surface area contributed by atoms with Gasteiger partial charge in [-0.3, -0.25) is 9.58 Å². The molecule has 4 rings (SSSR count). The van der Waals surface area contributed by atoms with Crippen molar-refractivity contribution in [2.75, 3.05) is 13.1 Å². The van der Waals surface area contributed by atoms with E-state index in [1.54, 1.807) is 23.1 Å². The maximum absolute atomic E-state index is 12.7. The van der Waals surface area contributed by atoms with Crippen LogP contribution in [0.1, 0.15) is 24.5 Å². The van der Waals surface area contributed by atoms with Crippen molar-refractivity contribution in [3.05, 3.63) is 46.7 Å². The standard InChI is InChI=1S/C21H23ClF3N3O3/c1-2-6-27-11-15(12-28-10-14(22)9-26-28)30-19-8-16-13(7-17(19)27)4-3-5-18(16)31-20(29)21(23,24)25/h3-5,9-10,15,17,19H,2,6-8,11-12H2,1H3/t15-,17-,19-/m1/s1. The molecule has 168 valence electrons. The summed E-state index contributed by atoms with van der Waals surface area (Å²) in [6, 6.07) is 5.01. The summed E-state index contributed by atoms with van der Waals surface area (Å²) in [5, 5.41) is 4.76. The zero-order valence-electron chi connectivity index (χ0n) is 16.9. The molecule has 31 heavy (non-hydrogen) atoms. The van der Waals surface area contributed by atoms with E-state index in [-0.39, 0.29) is 24.0 Å². The third-order valence-electron chi connectivity index (χ3n) is 5.71. The Bertz CT molecular complexity index is 949. The lowest BCUT2D eigenvalue weighted by atomic mass is 9.83. The van der Waals surface area contributed by atoms with Crippen molar-refractivity contribution >= 4 is 17.6 Å². The van der Waals surface area contributed by atoms with Gasteiger partial charge in [0, 0.05) is 30.8 Å². The molecule has 1 fully saturated rings. The fourth-order valence-corrected chi connectivity index (χ4v) is 4.62. The summed E-state index contributed by atoms with van der Waals surface area (Å²) in [7, 11) is 0. The molecule has 0 saturated carbocycles. The number of ether oxygens (including phenoxy) is 2. The minimum absolute atomic E-state index is 0.0510. The van der Waals surface area contributed by atoms with Crippen molar-refractivity contribution in [1.29, 1.82) is 0 Å². The lowest BCUT2D eigenvalue weighted by Crippen LogP contribution is -2.58. The largest absolute Gasteiger partial charge is 0.491 e. The number of halogens is 4. The van der Waals surface area contributed by atoms with E-state index in [0.717, 1.165) is 25.1 Å². The average Bonchev–Trinajstić information content (AvgIpc) is 3.11. The summed E-state index contributed by atoms with van der Waals surface area (Å²) >= 11 is 5.96. The lowest BCUT2D eigenvalue weighted by Gasteiger charge is -2.47. The first-order valence-electron chi connectivity index (χ1n) is 10.2. The fraction of sp³-hybridized carbons (Fsp3) is 0.524. The second-order valence-electron chi connectivity index (χ2n) is 7.93. The number of esters is 1. The van der Waals surface area contributed by atoms with E-state index in [1.807, 2.05) is 6.07 Å². The summed E-state index contributed by atoms with van der Waals surface area (Å²) < 4.78 is 50.9. The molecule has 0 N–H and O–H groups in total. The van der Waals surface area contributed by atoms with Crippen LogP contribution < -0.4 is 4.74 Å². The van der Waals surface area contributed by atoms with Crippen LogP contribution in [0.25, 0.3) is 0 Å². The van der Waals surface area contributed by atoms with E-state index < -0.39 is 12.1 Å². The van der Waals surface area contributed by atoms with Crippen LogP contribution in [0, 0.1) is 0 Å². The van der Waals surface area contributed by atoms with Crippen molar-refractivity contribution in [3.63, 3.8) is 0 Å². The Labute approximate surface area is 182 Å². The molecular formula is C21H23ClF3N3O3. The normalized spacial score (nSPS) is 23.8. The van der Waals surface area contributed by atoms with Gasteiger partial charge in [0.25, 0.3) is 0 Å².